The van der Waals surface area contributed by atoms with Gasteiger partial charge >= 0.3 is 0 Å². The van der Waals surface area contributed by atoms with Gasteiger partial charge in [0.2, 0.25) is 0 Å². The van der Waals surface area contributed by atoms with Gasteiger partial charge in [0, 0.05) is 0 Å². The minimum Gasteiger partial charge on any atom is -0.284 e. The van der Waals surface area contributed by atoms with Crippen molar-refractivity contribution in [1.29, 1.82) is 5.26 Å². The van der Waals surface area contributed by atoms with Crippen molar-refractivity contribution in [2.75, 3.05) is 13.1 Å². The highest BCUT2D eigenvalue weighted by Crippen LogP contribution is 2.25. The summed E-state index contributed by atoms with van der Waals surface area (Å²) in [5.74, 6) is -0.202. The number of hydrogen-bond acceptors (Lipinski definition) is 2. The van der Waals surface area contributed by atoms with Gasteiger partial charge in [-0.15, -0.1) is 0 Å². The topological polar surface area (TPSA) is 27.0 Å². The van der Waals surface area contributed by atoms with Gasteiger partial charge in [0.15, 0.2) is 0 Å². The van der Waals surface area contributed by atoms with Gasteiger partial charge in [-0.25, -0.2) is 4.39 Å². The van der Waals surface area contributed by atoms with Crippen molar-refractivity contribution in [3.05, 3.63) is 35.1 Å². The standard InChI is InChI=1S/C15H19FN2/c1-12-10-13(6-7-14(12)16)15(11-17)18-8-4-2-3-5-9-18/h6-7,10,15H,2-5,8-9H2,1H3. The molecule has 0 radical (unpaired) electrons. The van der Waals surface area contributed by atoms with Crippen molar-refractivity contribution in [2.24, 2.45) is 0 Å². The van der Waals surface area contributed by atoms with Gasteiger partial charge in [0.25, 0.3) is 0 Å². The number of likely N-dealkylation sites (tertiary alicyclic amines) is 1. The van der Waals surface area contributed by atoms with E-state index in [1.54, 1.807) is 19.1 Å². The van der Waals surface area contributed by atoms with Crippen LogP contribution in [0.3, 0.4) is 0 Å². The van der Waals surface area contributed by atoms with E-state index in [2.05, 4.69) is 11.0 Å². The fraction of sp³-hybridized carbons (Fsp3) is 0.533. The molecule has 0 N–H and O–H groups in total. The second-order valence-corrected chi connectivity index (χ2v) is 4.99. The lowest BCUT2D eigenvalue weighted by molar-refractivity contribution is 0.245. The lowest BCUT2D eigenvalue weighted by Crippen LogP contribution is -2.29. The smallest absolute Gasteiger partial charge is 0.126 e. The van der Waals surface area contributed by atoms with Crippen molar-refractivity contribution < 1.29 is 4.39 Å². The molecule has 18 heavy (non-hydrogen) atoms. The van der Waals surface area contributed by atoms with Gasteiger partial charge in [-0.2, -0.15) is 5.26 Å². The van der Waals surface area contributed by atoms with Crippen LogP contribution in [0.4, 0.5) is 4.39 Å². The van der Waals surface area contributed by atoms with E-state index in [0.717, 1.165) is 31.5 Å². The van der Waals surface area contributed by atoms with E-state index < -0.39 is 0 Å². The average Bonchev–Trinajstić information content (AvgIpc) is 2.64. The molecule has 1 heterocycles. The van der Waals surface area contributed by atoms with Crippen LogP contribution in [-0.2, 0) is 0 Å². The molecular formula is C15H19FN2. The Bertz CT molecular complexity index is 442. The molecule has 2 rings (SSSR count). The normalized spacial score (nSPS) is 18.9. The Morgan fingerprint density at radius 2 is 1.89 bits per heavy atom. The first-order valence-corrected chi connectivity index (χ1v) is 6.62. The first-order valence-electron chi connectivity index (χ1n) is 6.62. The highest BCUT2D eigenvalue weighted by Gasteiger charge is 2.21. The van der Waals surface area contributed by atoms with Crippen molar-refractivity contribution in [3.63, 3.8) is 0 Å². The second kappa shape index (κ2) is 5.97. The van der Waals surface area contributed by atoms with Gasteiger partial charge in [0.1, 0.15) is 11.9 Å². The van der Waals surface area contributed by atoms with Crippen molar-refractivity contribution in [1.82, 2.24) is 4.90 Å². The van der Waals surface area contributed by atoms with E-state index in [0.29, 0.717) is 5.56 Å². The maximum absolute atomic E-state index is 13.3. The first kappa shape index (κ1) is 13.0. The molecule has 1 fully saturated rings. The average molecular weight is 246 g/mol. The minimum atomic E-state index is -0.234. The summed E-state index contributed by atoms with van der Waals surface area (Å²) in [7, 11) is 0. The molecule has 0 amide bonds. The van der Waals surface area contributed by atoms with Crippen molar-refractivity contribution >= 4 is 0 Å². The van der Waals surface area contributed by atoms with Gasteiger partial charge < -0.3 is 0 Å². The van der Waals surface area contributed by atoms with Gasteiger partial charge in [0.05, 0.1) is 6.07 Å². The van der Waals surface area contributed by atoms with Gasteiger partial charge in [-0.05, 0) is 50.0 Å². The number of benzene rings is 1. The molecule has 3 heteroatoms. The Kier molecular flexibility index (Phi) is 4.33. The number of nitriles is 1. The number of hydrogen-bond donors (Lipinski definition) is 0. The summed E-state index contributed by atoms with van der Waals surface area (Å²) in [6.45, 7) is 3.68. The molecule has 2 nitrogen and oxygen atoms in total. The van der Waals surface area contributed by atoms with E-state index in [9.17, 15) is 9.65 Å². The first-order chi connectivity index (χ1) is 8.72. The van der Waals surface area contributed by atoms with Crippen LogP contribution >= 0.6 is 0 Å². The van der Waals surface area contributed by atoms with Crippen LogP contribution in [0.15, 0.2) is 18.2 Å². The molecule has 0 saturated carbocycles. The largest absolute Gasteiger partial charge is 0.284 e. The molecule has 1 unspecified atom stereocenters. The Balaban J connectivity index is 2.21. The van der Waals surface area contributed by atoms with Gasteiger partial charge in [-0.1, -0.05) is 25.0 Å². The molecule has 1 aromatic carbocycles. The molecule has 0 aromatic heterocycles. The zero-order chi connectivity index (χ0) is 13.0. The van der Waals surface area contributed by atoms with Crippen LogP contribution in [0.2, 0.25) is 0 Å². The van der Waals surface area contributed by atoms with Crippen LogP contribution in [-0.4, -0.2) is 18.0 Å². The zero-order valence-electron chi connectivity index (χ0n) is 10.8. The number of nitrogens with zero attached hydrogens (tertiary/aromatic N) is 2. The van der Waals surface area contributed by atoms with E-state index in [1.807, 2.05) is 0 Å². The second-order valence-electron chi connectivity index (χ2n) is 4.99. The summed E-state index contributed by atoms with van der Waals surface area (Å²) in [6.07, 6.45) is 4.80. The number of halogens is 1. The summed E-state index contributed by atoms with van der Waals surface area (Å²) in [4.78, 5) is 2.22. The lowest BCUT2D eigenvalue weighted by Gasteiger charge is -2.25. The maximum Gasteiger partial charge on any atom is 0.126 e. The van der Waals surface area contributed by atoms with Crippen LogP contribution in [0.5, 0.6) is 0 Å². The molecule has 1 atom stereocenters. The molecule has 1 aliphatic heterocycles. The van der Waals surface area contributed by atoms with E-state index >= 15 is 0 Å². The van der Waals surface area contributed by atoms with Crippen molar-refractivity contribution in [3.8, 4) is 6.07 Å². The van der Waals surface area contributed by atoms with Crippen LogP contribution in [0.25, 0.3) is 0 Å². The van der Waals surface area contributed by atoms with Crippen LogP contribution < -0.4 is 0 Å². The van der Waals surface area contributed by atoms with Crippen LogP contribution in [0, 0.1) is 24.1 Å². The van der Waals surface area contributed by atoms with E-state index in [1.165, 1.54) is 18.9 Å². The quantitative estimate of drug-likeness (QED) is 0.797. The summed E-state index contributed by atoms with van der Waals surface area (Å²) < 4.78 is 13.3. The number of aryl methyl sites for hydroxylation is 1. The predicted molar refractivity (Wildman–Crippen MR) is 69.5 cm³/mol. The third-order valence-corrected chi connectivity index (χ3v) is 3.63. The van der Waals surface area contributed by atoms with Crippen molar-refractivity contribution in [2.45, 2.75) is 38.6 Å². The van der Waals surface area contributed by atoms with Crippen LogP contribution in [0.1, 0.15) is 42.9 Å². The fourth-order valence-corrected chi connectivity index (χ4v) is 2.56. The molecule has 1 saturated heterocycles. The summed E-state index contributed by atoms with van der Waals surface area (Å²) in [6, 6.07) is 7.13. The summed E-state index contributed by atoms with van der Waals surface area (Å²) >= 11 is 0. The molecule has 1 aliphatic rings. The highest BCUT2D eigenvalue weighted by atomic mass is 19.1. The molecule has 0 bridgehead atoms. The highest BCUT2D eigenvalue weighted by molar-refractivity contribution is 5.29. The Hall–Kier alpha value is -1.40. The van der Waals surface area contributed by atoms with Gasteiger partial charge in [-0.3, -0.25) is 4.90 Å². The minimum absolute atomic E-state index is 0.202. The predicted octanol–water partition coefficient (Wildman–Crippen LogP) is 3.57. The number of rotatable bonds is 2. The maximum atomic E-state index is 13.3. The Morgan fingerprint density at radius 1 is 1.22 bits per heavy atom. The third kappa shape index (κ3) is 2.88. The SMILES string of the molecule is Cc1cc(C(C#N)N2CCCCCC2)ccc1F. The molecule has 1 aromatic rings. The fourth-order valence-electron chi connectivity index (χ4n) is 2.56. The van der Waals surface area contributed by atoms with E-state index in [-0.39, 0.29) is 11.9 Å². The summed E-state index contributed by atoms with van der Waals surface area (Å²) in [5.41, 5.74) is 1.53. The Morgan fingerprint density at radius 3 is 2.44 bits per heavy atom. The zero-order valence-corrected chi connectivity index (χ0v) is 10.8. The summed E-state index contributed by atoms with van der Waals surface area (Å²) in [5, 5.41) is 9.40. The Labute approximate surface area is 108 Å². The third-order valence-electron chi connectivity index (χ3n) is 3.63. The molecule has 96 valence electrons. The molecule has 0 aliphatic carbocycles. The lowest BCUT2D eigenvalue weighted by atomic mass is 10.0. The monoisotopic (exact) mass is 246 g/mol. The van der Waals surface area contributed by atoms with E-state index in [4.69, 9.17) is 0 Å². The molecular weight excluding hydrogens is 227 g/mol. The molecule has 0 spiro atoms.